The van der Waals surface area contributed by atoms with Gasteiger partial charge in [-0.2, -0.15) is 4.98 Å². The minimum atomic E-state index is -3.76. The maximum atomic E-state index is 13.6. The summed E-state index contributed by atoms with van der Waals surface area (Å²) < 4.78 is 52.8. The van der Waals surface area contributed by atoms with Crippen molar-refractivity contribution < 1.29 is 41.5 Å². The minimum absolute atomic E-state index is 0.115. The average molecular weight is 718 g/mol. The Bertz CT molecular complexity index is 1380. The first-order chi connectivity index (χ1) is 21.5. The van der Waals surface area contributed by atoms with E-state index in [1.54, 1.807) is 13.8 Å². The highest BCUT2D eigenvalue weighted by atomic mass is 31.2. The summed E-state index contributed by atoms with van der Waals surface area (Å²) >= 11 is 0. The molecule has 2 fully saturated rings. The van der Waals surface area contributed by atoms with Gasteiger partial charge in [-0.3, -0.25) is 18.7 Å². The lowest BCUT2D eigenvalue weighted by molar-refractivity contribution is -0.168. The number of aromatic nitrogens is 2. The van der Waals surface area contributed by atoms with Crippen LogP contribution in [0.1, 0.15) is 81.4 Å². The lowest BCUT2D eigenvalue weighted by Crippen LogP contribution is -2.56. The Morgan fingerprint density at radius 3 is 1.96 bits per heavy atom. The van der Waals surface area contributed by atoms with Crippen LogP contribution < -0.4 is 11.0 Å². The predicted molar refractivity (Wildman–Crippen MR) is 185 cm³/mol. The molecular formula is C31H56N3O10PSi2. The van der Waals surface area contributed by atoms with E-state index in [0.29, 0.717) is 6.42 Å². The zero-order chi connectivity index (χ0) is 35.8. The van der Waals surface area contributed by atoms with Crippen LogP contribution >= 0.6 is 7.60 Å². The van der Waals surface area contributed by atoms with Crippen molar-refractivity contribution in [3.05, 3.63) is 22.7 Å². The Labute approximate surface area is 281 Å². The van der Waals surface area contributed by atoms with Gasteiger partial charge in [-0.1, -0.05) is 41.5 Å². The van der Waals surface area contributed by atoms with E-state index in [0.717, 1.165) is 0 Å². The van der Waals surface area contributed by atoms with Crippen LogP contribution in [-0.4, -0.2) is 81.4 Å². The van der Waals surface area contributed by atoms with Gasteiger partial charge in [-0.25, -0.2) is 4.79 Å². The standard InChI is InChI=1S/C31H56N3O10PSi2/c1-14-39-45(38,40-15-2)22-17-16-21(41-28(22)36)24-25(43-46(10,11)30(4,5)6)26(44-47(12,13)31(7,8)9)27(42-24)34-19-18-23(32-20(3)35)33-29(34)37/h18-19,21-22,24-27H,14-17H2,1-13H3,(H,32,33,35,37)/t21-,22?,24-,25-,26+,27-/m1/s1. The predicted octanol–water partition coefficient (Wildman–Crippen LogP) is 6.22. The molecule has 1 aromatic rings. The van der Waals surface area contributed by atoms with E-state index in [-0.39, 0.29) is 41.4 Å². The smallest absolute Gasteiger partial charge is 0.351 e. The molecule has 3 rings (SSSR count). The number of nitrogens with zero attached hydrogens (tertiary/aromatic N) is 2. The number of nitrogens with one attached hydrogen (secondary N) is 1. The van der Waals surface area contributed by atoms with E-state index in [9.17, 15) is 18.9 Å². The summed E-state index contributed by atoms with van der Waals surface area (Å²) in [4.78, 5) is 42.7. The van der Waals surface area contributed by atoms with Crippen molar-refractivity contribution in [2.75, 3.05) is 18.5 Å². The van der Waals surface area contributed by atoms with Gasteiger partial charge in [0, 0.05) is 13.1 Å². The van der Waals surface area contributed by atoms with E-state index < -0.39 is 72.2 Å². The van der Waals surface area contributed by atoms with E-state index in [1.165, 1.54) is 23.8 Å². The van der Waals surface area contributed by atoms with Crippen molar-refractivity contribution in [1.82, 2.24) is 9.55 Å². The molecule has 3 heterocycles. The average Bonchev–Trinajstić information content (AvgIpc) is 3.23. The molecule has 47 heavy (non-hydrogen) atoms. The quantitative estimate of drug-likeness (QED) is 0.149. The second-order valence-corrected chi connectivity index (χ2v) is 27.0. The number of cyclic esters (lactones) is 1. The van der Waals surface area contributed by atoms with Crippen LogP contribution in [-0.2, 0) is 41.5 Å². The molecule has 0 radical (unpaired) electrons. The molecule has 0 spiro atoms. The summed E-state index contributed by atoms with van der Waals surface area (Å²) in [6, 6.07) is 1.52. The van der Waals surface area contributed by atoms with Gasteiger partial charge < -0.3 is 32.7 Å². The topological polar surface area (TPSA) is 154 Å². The summed E-state index contributed by atoms with van der Waals surface area (Å²) in [5, 5.41) is 2.16. The maximum Gasteiger partial charge on any atom is 0.351 e. The summed E-state index contributed by atoms with van der Waals surface area (Å²) in [5.74, 6) is -0.932. The van der Waals surface area contributed by atoms with Crippen molar-refractivity contribution in [2.45, 2.75) is 148 Å². The zero-order valence-electron chi connectivity index (χ0n) is 30.4. The Hall–Kier alpha value is -1.72. The molecule has 13 nitrogen and oxygen atoms in total. The van der Waals surface area contributed by atoms with Gasteiger partial charge in [0.2, 0.25) is 5.91 Å². The third-order valence-electron chi connectivity index (χ3n) is 9.74. The normalized spacial score (nSPS) is 26.3. The number of carbonyl (C=O) groups excluding carboxylic acids is 2. The van der Waals surface area contributed by atoms with Gasteiger partial charge in [-0.15, -0.1) is 0 Å². The molecule has 1 N–H and O–H groups in total. The Balaban J connectivity index is 2.13. The monoisotopic (exact) mass is 717 g/mol. The molecule has 2 saturated heterocycles. The highest BCUT2D eigenvalue weighted by Gasteiger charge is 2.58. The molecule has 0 aromatic carbocycles. The molecule has 2 aliphatic heterocycles. The molecule has 1 aromatic heterocycles. The summed E-state index contributed by atoms with van der Waals surface area (Å²) in [5.41, 5.74) is -1.71. The van der Waals surface area contributed by atoms with Crippen LogP contribution in [0.2, 0.25) is 36.3 Å². The van der Waals surface area contributed by atoms with Gasteiger partial charge in [0.15, 0.2) is 28.5 Å². The minimum Gasteiger partial charge on any atom is -0.459 e. The maximum absolute atomic E-state index is 13.6. The number of hydrogen-bond acceptors (Lipinski definition) is 11. The fourth-order valence-corrected chi connectivity index (χ4v) is 9.69. The molecule has 1 amide bonds. The van der Waals surface area contributed by atoms with Crippen LogP contribution in [0, 0.1) is 0 Å². The number of hydrogen-bond donors (Lipinski definition) is 1. The van der Waals surface area contributed by atoms with Crippen LogP contribution in [0.15, 0.2) is 17.1 Å². The van der Waals surface area contributed by atoms with Gasteiger partial charge in [0.05, 0.1) is 13.2 Å². The number of esters is 1. The van der Waals surface area contributed by atoms with Crippen molar-refractivity contribution in [3.63, 3.8) is 0 Å². The summed E-state index contributed by atoms with van der Waals surface area (Å²) in [7, 11) is -8.79. The first kappa shape index (κ1) is 39.7. The first-order valence-corrected chi connectivity index (χ1v) is 23.9. The van der Waals surface area contributed by atoms with E-state index >= 15 is 0 Å². The zero-order valence-corrected chi connectivity index (χ0v) is 33.3. The number of carbonyl (C=O) groups is 2. The molecule has 0 aliphatic carbocycles. The SMILES string of the molecule is CCOP(=O)(OCC)C1CC[C@H]([C@H]2O[C@@H](n3ccc(NC(C)=O)nc3=O)[C@@H](O[Si](C)(C)C(C)(C)C)[C@@H]2O[Si](C)(C)C(C)(C)C)OC1=O. The highest BCUT2D eigenvalue weighted by molar-refractivity contribution is 7.55. The lowest BCUT2D eigenvalue weighted by Gasteiger charge is -2.44. The van der Waals surface area contributed by atoms with E-state index in [2.05, 4.69) is 78.0 Å². The van der Waals surface area contributed by atoms with Crippen LogP contribution in [0.25, 0.3) is 0 Å². The van der Waals surface area contributed by atoms with Gasteiger partial charge >= 0.3 is 19.3 Å². The third-order valence-corrected chi connectivity index (χ3v) is 21.2. The molecule has 0 saturated carbocycles. The van der Waals surface area contributed by atoms with Crippen LogP contribution in [0.3, 0.4) is 0 Å². The van der Waals surface area contributed by atoms with Gasteiger partial charge in [0.25, 0.3) is 0 Å². The van der Waals surface area contributed by atoms with E-state index in [4.69, 9.17) is 27.4 Å². The molecule has 2 aliphatic rings. The fraction of sp³-hybridized carbons (Fsp3) is 0.806. The van der Waals surface area contributed by atoms with Crippen LogP contribution in [0.5, 0.6) is 0 Å². The van der Waals surface area contributed by atoms with Crippen molar-refractivity contribution >= 4 is 41.9 Å². The lowest BCUT2D eigenvalue weighted by atomic mass is 9.98. The first-order valence-electron chi connectivity index (χ1n) is 16.4. The molecular weight excluding hydrogens is 661 g/mol. The Kier molecular flexibility index (Phi) is 12.4. The van der Waals surface area contributed by atoms with Crippen LogP contribution in [0.4, 0.5) is 5.82 Å². The molecule has 6 atom stereocenters. The summed E-state index contributed by atoms with van der Waals surface area (Å²) in [6.45, 7) is 26.2. The molecule has 1 unspecified atom stereocenters. The fourth-order valence-electron chi connectivity index (χ4n) is 5.16. The molecule has 268 valence electrons. The largest absolute Gasteiger partial charge is 0.459 e. The number of amides is 1. The van der Waals surface area contributed by atoms with Gasteiger partial charge in [-0.05, 0) is 69.0 Å². The number of ether oxygens (including phenoxy) is 2. The Morgan fingerprint density at radius 1 is 0.979 bits per heavy atom. The summed E-state index contributed by atoms with van der Waals surface area (Å²) in [6.07, 6.45) is -2.08. The molecule has 0 bridgehead atoms. The van der Waals surface area contributed by atoms with Crippen molar-refractivity contribution in [2.24, 2.45) is 0 Å². The number of rotatable bonds is 12. The van der Waals surface area contributed by atoms with E-state index in [1.807, 2.05) is 0 Å². The van der Waals surface area contributed by atoms with Gasteiger partial charge in [0.1, 0.15) is 30.2 Å². The van der Waals surface area contributed by atoms with Crippen molar-refractivity contribution in [1.29, 1.82) is 0 Å². The number of anilines is 1. The second-order valence-electron chi connectivity index (χ2n) is 15.3. The highest BCUT2D eigenvalue weighted by Crippen LogP contribution is 2.57. The molecule has 16 heteroatoms. The Morgan fingerprint density at radius 2 is 1.51 bits per heavy atom. The second kappa shape index (κ2) is 14.6. The third kappa shape index (κ3) is 8.91. The van der Waals surface area contributed by atoms with Crippen molar-refractivity contribution in [3.8, 4) is 0 Å².